The van der Waals surface area contributed by atoms with E-state index in [9.17, 15) is 0 Å². The standard InChI is InChI=1S/C17H23BrO3/c1-12-10-20-16-7-4-13(9-17(16)21-11-12)15(18)6-5-14-3-2-8-19-14/h4,7,9,12,14-15H,2-3,5-6,8,10-11H2,1H3. The quantitative estimate of drug-likeness (QED) is 0.745. The number of hydrogen-bond acceptors (Lipinski definition) is 3. The fraction of sp³-hybridized carbons (Fsp3) is 0.647. The Hall–Kier alpha value is -0.740. The lowest BCUT2D eigenvalue weighted by Gasteiger charge is -2.15. The van der Waals surface area contributed by atoms with Crippen LogP contribution in [0.1, 0.15) is 43.0 Å². The number of rotatable bonds is 4. The summed E-state index contributed by atoms with van der Waals surface area (Å²) >= 11 is 3.80. The summed E-state index contributed by atoms with van der Waals surface area (Å²) in [5, 5.41) is 0. The van der Waals surface area contributed by atoms with E-state index in [1.807, 2.05) is 6.07 Å². The van der Waals surface area contributed by atoms with E-state index < -0.39 is 0 Å². The van der Waals surface area contributed by atoms with Crippen molar-refractivity contribution in [3.63, 3.8) is 0 Å². The normalized spacial score (nSPS) is 26.4. The first kappa shape index (κ1) is 15.2. The van der Waals surface area contributed by atoms with Crippen molar-refractivity contribution in [3.05, 3.63) is 23.8 Å². The summed E-state index contributed by atoms with van der Waals surface area (Å²) in [5.41, 5.74) is 1.25. The van der Waals surface area contributed by atoms with Crippen molar-refractivity contribution in [2.45, 2.75) is 43.5 Å². The molecule has 0 aromatic heterocycles. The molecule has 3 unspecified atom stereocenters. The summed E-state index contributed by atoms with van der Waals surface area (Å²) in [6.07, 6.45) is 5.06. The topological polar surface area (TPSA) is 27.7 Å². The lowest BCUT2D eigenvalue weighted by Crippen LogP contribution is -2.12. The maximum Gasteiger partial charge on any atom is 0.161 e. The van der Waals surface area contributed by atoms with Gasteiger partial charge in [0, 0.05) is 17.4 Å². The van der Waals surface area contributed by atoms with E-state index in [0.29, 0.717) is 16.8 Å². The van der Waals surface area contributed by atoms with Crippen molar-refractivity contribution in [2.75, 3.05) is 19.8 Å². The zero-order valence-electron chi connectivity index (χ0n) is 12.5. The van der Waals surface area contributed by atoms with Crippen LogP contribution in [-0.4, -0.2) is 25.9 Å². The maximum atomic E-state index is 5.86. The van der Waals surface area contributed by atoms with E-state index in [4.69, 9.17) is 14.2 Å². The number of fused-ring (bicyclic) bond motifs is 1. The van der Waals surface area contributed by atoms with Crippen LogP contribution in [0.15, 0.2) is 18.2 Å². The highest BCUT2D eigenvalue weighted by Crippen LogP contribution is 2.37. The molecule has 3 nitrogen and oxygen atoms in total. The number of halogens is 1. The van der Waals surface area contributed by atoms with Gasteiger partial charge in [0.1, 0.15) is 0 Å². The van der Waals surface area contributed by atoms with Crippen LogP contribution in [0.3, 0.4) is 0 Å². The highest BCUT2D eigenvalue weighted by Gasteiger charge is 2.20. The maximum absolute atomic E-state index is 5.86. The summed E-state index contributed by atoms with van der Waals surface area (Å²) in [5.74, 6) is 2.17. The van der Waals surface area contributed by atoms with Crippen molar-refractivity contribution in [2.24, 2.45) is 5.92 Å². The Kier molecular flexibility index (Phi) is 5.07. The van der Waals surface area contributed by atoms with Crippen molar-refractivity contribution in [3.8, 4) is 11.5 Å². The first-order valence-electron chi connectivity index (χ1n) is 7.87. The van der Waals surface area contributed by atoms with E-state index >= 15 is 0 Å². The lowest BCUT2D eigenvalue weighted by molar-refractivity contribution is 0.102. The second-order valence-electron chi connectivity index (χ2n) is 6.11. The molecule has 0 amide bonds. The molecule has 0 bridgehead atoms. The summed E-state index contributed by atoms with van der Waals surface area (Å²) < 4.78 is 17.3. The third-order valence-electron chi connectivity index (χ3n) is 4.14. The molecule has 4 heteroatoms. The van der Waals surface area contributed by atoms with Gasteiger partial charge in [-0.2, -0.15) is 0 Å². The van der Waals surface area contributed by atoms with Crippen LogP contribution in [0.5, 0.6) is 11.5 Å². The molecular weight excluding hydrogens is 332 g/mol. The SMILES string of the molecule is CC1COc2ccc(C(Br)CCC3CCCO3)cc2OC1. The summed E-state index contributed by atoms with van der Waals surface area (Å²) in [7, 11) is 0. The lowest BCUT2D eigenvalue weighted by atomic mass is 10.0. The van der Waals surface area contributed by atoms with Crippen molar-refractivity contribution in [1.82, 2.24) is 0 Å². The molecule has 2 aliphatic heterocycles. The molecule has 3 rings (SSSR count). The molecule has 1 fully saturated rings. The molecule has 0 saturated carbocycles. The fourth-order valence-corrected chi connectivity index (χ4v) is 3.38. The molecule has 0 spiro atoms. The largest absolute Gasteiger partial charge is 0.489 e. The highest BCUT2D eigenvalue weighted by atomic mass is 79.9. The van der Waals surface area contributed by atoms with Crippen molar-refractivity contribution in [1.29, 1.82) is 0 Å². The van der Waals surface area contributed by atoms with Gasteiger partial charge in [-0.3, -0.25) is 0 Å². The van der Waals surface area contributed by atoms with E-state index in [2.05, 4.69) is 35.0 Å². The third-order valence-corrected chi connectivity index (χ3v) is 5.13. The van der Waals surface area contributed by atoms with Crippen LogP contribution in [-0.2, 0) is 4.74 Å². The predicted molar refractivity (Wildman–Crippen MR) is 86.5 cm³/mol. The minimum absolute atomic E-state index is 0.344. The summed E-state index contributed by atoms with van der Waals surface area (Å²) in [6.45, 7) is 4.52. The summed E-state index contributed by atoms with van der Waals surface area (Å²) in [4.78, 5) is 0.344. The second kappa shape index (κ2) is 7.01. The van der Waals surface area contributed by atoms with Gasteiger partial charge in [0.2, 0.25) is 0 Å². The molecule has 3 atom stereocenters. The Morgan fingerprint density at radius 1 is 1.24 bits per heavy atom. The van der Waals surface area contributed by atoms with Crippen LogP contribution in [0.2, 0.25) is 0 Å². The van der Waals surface area contributed by atoms with Crippen LogP contribution in [0.25, 0.3) is 0 Å². The number of ether oxygens (including phenoxy) is 3. The Bertz CT molecular complexity index is 471. The smallest absolute Gasteiger partial charge is 0.161 e. The summed E-state index contributed by atoms with van der Waals surface area (Å²) in [6, 6.07) is 6.28. The van der Waals surface area contributed by atoms with Gasteiger partial charge in [0.05, 0.1) is 19.3 Å². The molecule has 0 N–H and O–H groups in total. The van der Waals surface area contributed by atoms with Gasteiger partial charge in [-0.25, -0.2) is 0 Å². The van der Waals surface area contributed by atoms with E-state index in [1.54, 1.807) is 0 Å². The molecule has 0 aliphatic carbocycles. The molecule has 0 radical (unpaired) electrons. The Labute approximate surface area is 135 Å². The van der Waals surface area contributed by atoms with Crippen molar-refractivity contribution >= 4 is 15.9 Å². The molecule has 2 heterocycles. The minimum Gasteiger partial charge on any atom is -0.489 e. The van der Waals surface area contributed by atoms with Gasteiger partial charge in [-0.1, -0.05) is 28.9 Å². The number of benzene rings is 1. The Balaban J connectivity index is 1.62. The third kappa shape index (κ3) is 3.92. The fourth-order valence-electron chi connectivity index (χ4n) is 2.83. The average Bonchev–Trinajstić information content (AvgIpc) is 2.95. The first-order chi connectivity index (χ1) is 10.2. The predicted octanol–water partition coefficient (Wildman–Crippen LogP) is 4.49. The van der Waals surface area contributed by atoms with Gasteiger partial charge in [0.15, 0.2) is 11.5 Å². The highest BCUT2D eigenvalue weighted by molar-refractivity contribution is 9.09. The van der Waals surface area contributed by atoms with Gasteiger partial charge in [0.25, 0.3) is 0 Å². The Morgan fingerprint density at radius 2 is 2.05 bits per heavy atom. The molecular formula is C17H23BrO3. The van der Waals surface area contributed by atoms with Crippen molar-refractivity contribution < 1.29 is 14.2 Å². The van der Waals surface area contributed by atoms with Crippen LogP contribution in [0, 0.1) is 5.92 Å². The van der Waals surface area contributed by atoms with E-state index in [1.165, 1.54) is 18.4 Å². The first-order valence-corrected chi connectivity index (χ1v) is 8.79. The van der Waals surface area contributed by atoms with Gasteiger partial charge >= 0.3 is 0 Å². The van der Waals surface area contributed by atoms with E-state index in [0.717, 1.165) is 44.2 Å². The average molecular weight is 355 g/mol. The zero-order valence-corrected chi connectivity index (χ0v) is 14.1. The van der Waals surface area contributed by atoms with Crippen LogP contribution >= 0.6 is 15.9 Å². The molecule has 116 valence electrons. The monoisotopic (exact) mass is 354 g/mol. The molecule has 1 saturated heterocycles. The minimum atomic E-state index is 0.344. The molecule has 2 aliphatic rings. The van der Waals surface area contributed by atoms with Crippen LogP contribution in [0.4, 0.5) is 0 Å². The Morgan fingerprint density at radius 3 is 2.81 bits per heavy atom. The molecule has 1 aromatic carbocycles. The number of alkyl halides is 1. The zero-order chi connectivity index (χ0) is 14.7. The van der Waals surface area contributed by atoms with Gasteiger partial charge in [-0.05, 0) is 43.4 Å². The van der Waals surface area contributed by atoms with Gasteiger partial charge in [-0.15, -0.1) is 0 Å². The van der Waals surface area contributed by atoms with Crippen LogP contribution < -0.4 is 9.47 Å². The molecule has 1 aromatic rings. The van der Waals surface area contributed by atoms with E-state index in [-0.39, 0.29) is 0 Å². The van der Waals surface area contributed by atoms with Gasteiger partial charge < -0.3 is 14.2 Å². The molecule has 21 heavy (non-hydrogen) atoms. The second-order valence-corrected chi connectivity index (χ2v) is 7.22. The number of hydrogen-bond donors (Lipinski definition) is 0.